The lowest BCUT2D eigenvalue weighted by atomic mass is 9.98. The van der Waals surface area contributed by atoms with E-state index in [0.29, 0.717) is 0 Å². The molecule has 9 rings (SSSR count). The van der Waals surface area contributed by atoms with Crippen LogP contribution in [0.1, 0.15) is 22.3 Å². The summed E-state index contributed by atoms with van der Waals surface area (Å²) in [5, 5.41) is 3.32. The van der Waals surface area contributed by atoms with Crippen molar-refractivity contribution in [3.63, 3.8) is 0 Å². The third kappa shape index (κ3) is 2.15. The first kappa shape index (κ1) is 17.8. The van der Waals surface area contributed by atoms with Crippen LogP contribution in [0.4, 0.5) is 0 Å². The van der Waals surface area contributed by atoms with E-state index in [9.17, 15) is 0 Å². The van der Waals surface area contributed by atoms with E-state index in [1.54, 1.807) is 0 Å². The van der Waals surface area contributed by atoms with E-state index in [0.717, 1.165) is 45.8 Å². The molecule has 0 N–H and O–H groups in total. The maximum atomic E-state index is 5.11. The summed E-state index contributed by atoms with van der Waals surface area (Å²) >= 11 is 0. The molecule has 162 valence electrons. The summed E-state index contributed by atoms with van der Waals surface area (Å²) in [6.45, 7) is 0. The molecule has 4 heterocycles. The van der Waals surface area contributed by atoms with E-state index in [2.05, 4.69) is 70.0 Å². The van der Waals surface area contributed by atoms with Gasteiger partial charge >= 0.3 is 0 Å². The molecule has 4 heteroatoms. The molecule has 2 aliphatic rings. The molecule has 0 aliphatic heterocycles. The van der Waals surface area contributed by atoms with Crippen molar-refractivity contribution in [1.29, 1.82) is 0 Å². The van der Waals surface area contributed by atoms with Gasteiger partial charge in [-0.1, -0.05) is 36.4 Å². The molecular weight excluding hydrogens is 428 g/mol. The van der Waals surface area contributed by atoms with Crippen molar-refractivity contribution in [2.45, 2.75) is 12.8 Å². The van der Waals surface area contributed by atoms with E-state index < -0.39 is 0 Å². The largest absolute Gasteiger partial charge is 0.275 e. The fourth-order valence-corrected chi connectivity index (χ4v) is 6.47. The highest BCUT2D eigenvalue weighted by Gasteiger charge is 2.28. The fourth-order valence-electron chi connectivity index (χ4n) is 6.47. The quantitative estimate of drug-likeness (QED) is 0.243. The van der Waals surface area contributed by atoms with Crippen LogP contribution in [0.3, 0.4) is 0 Å². The van der Waals surface area contributed by atoms with Gasteiger partial charge in [0.15, 0.2) is 0 Å². The van der Waals surface area contributed by atoms with Crippen LogP contribution in [0.15, 0.2) is 85.3 Å². The van der Waals surface area contributed by atoms with Crippen molar-refractivity contribution in [2.75, 3.05) is 0 Å². The Balaban J connectivity index is 1.40. The van der Waals surface area contributed by atoms with Crippen molar-refractivity contribution in [2.24, 2.45) is 0 Å². The lowest BCUT2D eigenvalue weighted by Gasteiger charge is -2.09. The van der Waals surface area contributed by atoms with Gasteiger partial charge in [0, 0.05) is 35.8 Å². The average molecular weight is 447 g/mol. The highest BCUT2D eigenvalue weighted by molar-refractivity contribution is 6.13. The van der Waals surface area contributed by atoms with Gasteiger partial charge in [0.2, 0.25) is 0 Å². The van der Waals surface area contributed by atoms with E-state index >= 15 is 0 Å². The van der Waals surface area contributed by atoms with Gasteiger partial charge in [-0.15, -0.1) is 0 Å². The van der Waals surface area contributed by atoms with E-state index in [-0.39, 0.29) is 0 Å². The Hall–Kier alpha value is -4.57. The topological polar surface area (TPSA) is 43.1 Å². The molecule has 0 atom stereocenters. The molecular formula is C31H18N4. The third-order valence-corrected chi connectivity index (χ3v) is 7.95. The predicted octanol–water partition coefficient (Wildman–Crippen LogP) is 6.73. The Morgan fingerprint density at radius 2 is 1.54 bits per heavy atom. The summed E-state index contributed by atoms with van der Waals surface area (Å²) in [5.41, 5.74) is 15.1. The Bertz CT molecular complexity index is 2070. The number of aromatic nitrogens is 4. The minimum Gasteiger partial charge on any atom is -0.275 e. The summed E-state index contributed by atoms with van der Waals surface area (Å²) in [7, 11) is 0. The van der Waals surface area contributed by atoms with Crippen molar-refractivity contribution in [3.8, 4) is 22.3 Å². The highest BCUT2D eigenvalue weighted by atomic mass is 15.1. The minimum absolute atomic E-state index is 0.916. The highest BCUT2D eigenvalue weighted by Crippen LogP contribution is 2.47. The van der Waals surface area contributed by atoms with E-state index in [1.807, 2.05) is 24.7 Å². The van der Waals surface area contributed by atoms with Gasteiger partial charge < -0.3 is 0 Å². The Labute approximate surface area is 200 Å². The first-order chi connectivity index (χ1) is 17.3. The molecule has 2 aliphatic carbocycles. The van der Waals surface area contributed by atoms with Crippen molar-refractivity contribution in [3.05, 3.63) is 108 Å². The fraction of sp³-hybridized carbons (Fsp3) is 0.0645. The maximum Gasteiger partial charge on any atom is 0.149 e. The minimum atomic E-state index is 0.916. The molecule has 0 saturated carbocycles. The normalized spacial score (nSPS) is 13.5. The lowest BCUT2D eigenvalue weighted by Crippen LogP contribution is -1.96. The number of nitrogens with zero attached hydrogens (tertiary/aromatic N) is 4. The van der Waals surface area contributed by atoms with Crippen LogP contribution in [0.25, 0.3) is 60.7 Å². The second kappa shape index (κ2) is 6.10. The molecule has 0 unspecified atom stereocenters. The number of fused-ring (bicyclic) bond motifs is 15. The second-order valence-electron chi connectivity index (χ2n) is 9.70. The van der Waals surface area contributed by atoms with Gasteiger partial charge in [-0.3, -0.25) is 9.38 Å². The molecule has 0 spiro atoms. The van der Waals surface area contributed by atoms with Crippen molar-refractivity contribution in [1.82, 2.24) is 19.4 Å². The zero-order chi connectivity index (χ0) is 22.7. The average Bonchev–Trinajstić information content (AvgIpc) is 3.58. The number of hydrogen-bond donors (Lipinski definition) is 0. The van der Waals surface area contributed by atoms with Crippen LogP contribution in [0, 0.1) is 0 Å². The van der Waals surface area contributed by atoms with Gasteiger partial charge in [-0.2, -0.15) is 0 Å². The number of imidazole rings is 1. The van der Waals surface area contributed by atoms with Crippen LogP contribution in [0.5, 0.6) is 0 Å². The zero-order valence-corrected chi connectivity index (χ0v) is 18.8. The monoisotopic (exact) mass is 446 g/mol. The van der Waals surface area contributed by atoms with Crippen LogP contribution < -0.4 is 0 Å². The number of rotatable bonds is 0. The molecule has 4 nitrogen and oxygen atoms in total. The van der Waals surface area contributed by atoms with Crippen molar-refractivity contribution >= 4 is 38.5 Å². The third-order valence-electron chi connectivity index (χ3n) is 7.95. The first-order valence-corrected chi connectivity index (χ1v) is 12.0. The molecule has 0 amide bonds. The summed E-state index contributed by atoms with van der Waals surface area (Å²) < 4.78 is 2.27. The van der Waals surface area contributed by atoms with Gasteiger partial charge in [0.05, 0.1) is 11.0 Å². The van der Waals surface area contributed by atoms with Gasteiger partial charge in [-0.25, -0.2) is 9.97 Å². The Morgan fingerprint density at radius 1 is 0.629 bits per heavy atom. The summed E-state index contributed by atoms with van der Waals surface area (Å²) in [4.78, 5) is 14.4. The van der Waals surface area contributed by atoms with Gasteiger partial charge in [0.25, 0.3) is 0 Å². The summed E-state index contributed by atoms with van der Waals surface area (Å²) in [6, 6.07) is 24.3. The number of hydrogen-bond acceptors (Lipinski definition) is 3. The maximum absolute atomic E-state index is 5.11. The van der Waals surface area contributed by atoms with E-state index in [1.165, 1.54) is 50.0 Å². The van der Waals surface area contributed by atoms with Crippen LogP contribution in [-0.2, 0) is 12.8 Å². The van der Waals surface area contributed by atoms with Crippen LogP contribution >= 0.6 is 0 Å². The molecule has 0 saturated heterocycles. The Kier molecular flexibility index (Phi) is 3.11. The predicted molar refractivity (Wildman–Crippen MR) is 140 cm³/mol. The summed E-state index contributed by atoms with van der Waals surface area (Å²) in [6.07, 6.45) is 7.59. The standard InChI is InChI=1S/C31H18N4/c1-2-5-20-17(4-1)12-18-13-19-14-26-21(25(19)15-24(18)20)7-8-28-29(26)35-30-23(6-3-10-33-30)22-9-11-32-16-27(22)31(35)34-28/h1-11,13,15-16H,12,14H2. The SMILES string of the molecule is c1ccc2c(c1)Cc1cc3c(cc1-2)-c1ccc2nc4c5cnccc5c5cccnc5n4c2c1C3. The smallest absolute Gasteiger partial charge is 0.149 e. The van der Waals surface area contributed by atoms with Gasteiger partial charge in [-0.05, 0) is 86.6 Å². The number of pyridine rings is 3. The first-order valence-electron chi connectivity index (χ1n) is 12.0. The molecule has 0 bridgehead atoms. The van der Waals surface area contributed by atoms with E-state index in [4.69, 9.17) is 9.97 Å². The number of benzene rings is 3. The summed E-state index contributed by atoms with van der Waals surface area (Å²) in [5.74, 6) is 0. The molecule has 3 aromatic carbocycles. The van der Waals surface area contributed by atoms with Crippen LogP contribution in [-0.4, -0.2) is 19.4 Å². The molecule has 4 aromatic heterocycles. The van der Waals surface area contributed by atoms with Crippen LogP contribution in [0.2, 0.25) is 0 Å². The Morgan fingerprint density at radius 3 is 2.54 bits per heavy atom. The molecule has 0 fully saturated rings. The van der Waals surface area contributed by atoms with Gasteiger partial charge in [0.1, 0.15) is 11.3 Å². The molecule has 7 aromatic rings. The lowest BCUT2D eigenvalue weighted by molar-refractivity contribution is 1.19. The molecule has 0 radical (unpaired) electrons. The van der Waals surface area contributed by atoms with Crippen molar-refractivity contribution < 1.29 is 0 Å². The molecule has 35 heavy (non-hydrogen) atoms. The zero-order valence-electron chi connectivity index (χ0n) is 18.8. The second-order valence-corrected chi connectivity index (χ2v) is 9.70.